The topological polar surface area (TPSA) is 129 Å². The molecule has 0 spiro atoms. The van der Waals surface area contributed by atoms with Crippen LogP contribution in [0.5, 0.6) is 0 Å². The molecular formula is C53H98O8. The number of ether oxygens (including phenoxy) is 1. The van der Waals surface area contributed by atoms with Crippen molar-refractivity contribution in [2.75, 3.05) is 7.11 Å². The van der Waals surface area contributed by atoms with Crippen molar-refractivity contribution < 1.29 is 38.3 Å². The summed E-state index contributed by atoms with van der Waals surface area (Å²) in [5.41, 5.74) is 1.19. The number of carbonyl (C=O) groups is 7. The minimum Gasteiger partial charge on any atom is -0.469 e. The summed E-state index contributed by atoms with van der Waals surface area (Å²) in [6.07, 6.45) is 13.2. The first kappa shape index (κ1) is 62.8. The van der Waals surface area contributed by atoms with Gasteiger partial charge in [0.2, 0.25) is 0 Å². The molecule has 0 fully saturated rings. The van der Waals surface area contributed by atoms with Crippen LogP contribution in [-0.2, 0) is 38.3 Å². The SMILES string of the molecule is CC(C)(C)CCCC(=O)CC(=O)CCC(C)(C)C.CC(C)(C)CCCCC(=O)CC(=O)CCCC(C)(C)C.COC(=O)C(CC(=O)CC(=O)CCCC(C)(C)C)CC(C)(C)C. The highest BCUT2D eigenvalue weighted by Crippen LogP contribution is 2.29. The summed E-state index contributed by atoms with van der Waals surface area (Å²) < 4.78 is 4.79. The maximum Gasteiger partial charge on any atom is 0.309 e. The van der Waals surface area contributed by atoms with E-state index in [9.17, 15) is 33.6 Å². The maximum absolute atomic E-state index is 12.1. The zero-order valence-corrected chi connectivity index (χ0v) is 43.5. The Morgan fingerprint density at radius 3 is 0.918 bits per heavy atom. The summed E-state index contributed by atoms with van der Waals surface area (Å²) in [5, 5.41) is 0. The first-order chi connectivity index (χ1) is 27.3. The van der Waals surface area contributed by atoms with Gasteiger partial charge in [0.1, 0.15) is 34.7 Å². The summed E-state index contributed by atoms with van der Waals surface area (Å²) in [5.74, 6) is -0.564. The van der Waals surface area contributed by atoms with Crippen molar-refractivity contribution in [3.05, 3.63) is 0 Å². The van der Waals surface area contributed by atoms with Crippen LogP contribution >= 0.6 is 0 Å². The molecule has 0 aromatic heterocycles. The fourth-order valence-corrected chi connectivity index (χ4v) is 6.53. The zero-order chi connectivity index (χ0) is 48.5. The predicted octanol–water partition coefficient (Wildman–Crippen LogP) is 14.2. The van der Waals surface area contributed by atoms with Crippen LogP contribution in [0.4, 0.5) is 0 Å². The van der Waals surface area contributed by atoms with E-state index in [0.29, 0.717) is 43.9 Å². The van der Waals surface area contributed by atoms with Gasteiger partial charge < -0.3 is 4.74 Å². The zero-order valence-electron chi connectivity index (χ0n) is 43.5. The number of esters is 1. The second-order valence-electron chi connectivity index (χ2n) is 25.0. The highest BCUT2D eigenvalue weighted by molar-refractivity contribution is 6.00. The summed E-state index contributed by atoms with van der Waals surface area (Å²) in [6.45, 7) is 38.5. The molecule has 0 saturated heterocycles. The lowest BCUT2D eigenvalue weighted by molar-refractivity contribution is -0.148. The largest absolute Gasteiger partial charge is 0.469 e. The molecule has 0 aliphatic heterocycles. The Labute approximate surface area is 376 Å². The summed E-state index contributed by atoms with van der Waals surface area (Å²) in [4.78, 5) is 82.6. The molecule has 8 nitrogen and oxygen atoms in total. The van der Waals surface area contributed by atoms with Crippen molar-refractivity contribution in [3.8, 4) is 0 Å². The smallest absolute Gasteiger partial charge is 0.309 e. The van der Waals surface area contributed by atoms with Gasteiger partial charge in [-0.1, -0.05) is 131 Å². The Morgan fingerprint density at radius 2 is 0.623 bits per heavy atom. The third-order valence-electron chi connectivity index (χ3n) is 9.98. The number of carbonyl (C=O) groups excluding carboxylic acids is 7. The van der Waals surface area contributed by atoms with E-state index in [0.717, 1.165) is 64.2 Å². The number of hydrogen-bond donors (Lipinski definition) is 0. The average molecular weight is 863 g/mol. The summed E-state index contributed by atoms with van der Waals surface area (Å²) in [6, 6.07) is 0. The van der Waals surface area contributed by atoms with Crippen LogP contribution in [-0.4, -0.2) is 47.8 Å². The monoisotopic (exact) mass is 863 g/mol. The normalized spacial score (nSPS) is 12.9. The molecule has 358 valence electrons. The molecule has 0 heterocycles. The molecule has 0 N–H and O–H groups in total. The molecule has 0 aromatic rings. The summed E-state index contributed by atoms with van der Waals surface area (Å²) >= 11 is 0. The van der Waals surface area contributed by atoms with Gasteiger partial charge in [-0.15, -0.1) is 0 Å². The molecule has 0 saturated carbocycles. The second kappa shape index (κ2) is 29.8. The lowest BCUT2D eigenvalue weighted by atomic mass is 9.82. The molecule has 1 atom stereocenters. The molecule has 0 rings (SSSR count). The van der Waals surface area contributed by atoms with Gasteiger partial charge >= 0.3 is 5.97 Å². The molecule has 8 heteroatoms. The van der Waals surface area contributed by atoms with Gasteiger partial charge in [-0.25, -0.2) is 0 Å². The Hall–Kier alpha value is -2.51. The minimum atomic E-state index is -0.463. The quantitative estimate of drug-likeness (QED) is 0.0504. The average Bonchev–Trinajstić information content (AvgIpc) is 3.02. The Bertz CT molecular complexity index is 1310. The Kier molecular flexibility index (Phi) is 30.6. The number of methoxy groups -OCH3 is 1. The molecule has 0 bridgehead atoms. The van der Waals surface area contributed by atoms with Gasteiger partial charge in [0.05, 0.1) is 32.3 Å². The van der Waals surface area contributed by atoms with Crippen molar-refractivity contribution in [2.45, 2.75) is 253 Å². The van der Waals surface area contributed by atoms with E-state index in [1.807, 2.05) is 20.8 Å². The van der Waals surface area contributed by atoms with E-state index < -0.39 is 5.92 Å². The molecule has 0 amide bonds. The van der Waals surface area contributed by atoms with E-state index >= 15 is 0 Å². The van der Waals surface area contributed by atoms with E-state index in [4.69, 9.17) is 4.74 Å². The number of hydrogen-bond acceptors (Lipinski definition) is 8. The van der Waals surface area contributed by atoms with Crippen LogP contribution in [0.25, 0.3) is 0 Å². The van der Waals surface area contributed by atoms with E-state index in [1.165, 1.54) is 7.11 Å². The van der Waals surface area contributed by atoms with Crippen LogP contribution in [0.15, 0.2) is 0 Å². The first-order valence-corrected chi connectivity index (χ1v) is 23.5. The van der Waals surface area contributed by atoms with E-state index in [1.54, 1.807) is 0 Å². The Morgan fingerprint density at radius 1 is 0.344 bits per heavy atom. The number of Topliss-reactive ketones (excluding diaryl/α,β-unsaturated/α-hetero) is 6. The van der Waals surface area contributed by atoms with Gasteiger partial charge in [-0.3, -0.25) is 33.6 Å². The van der Waals surface area contributed by atoms with Crippen molar-refractivity contribution in [2.24, 2.45) is 38.4 Å². The molecule has 0 aromatic carbocycles. The van der Waals surface area contributed by atoms with Crippen LogP contribution in [0.2, 0.25) is 0 Å². The lowest BCUT2D eigenvalue weighted by Crippen LogP contribution is -2.25. The third-order valence-corrected chi connectivity index (χ3v) is 9.98. The highest BCUT2D eigenvalue weighted by Gasteiger charge is 2.28. The predicted molar refractivity (Wildman–Crippen MR) is 255 cm³/mol. The number of ketones is 6. The van der Waals surface area contributed by atoms with Gasteiger partial charge in [-0.2, -0.15) is 0 Å². The second-order valence-corrected chi connectivity index (χ2v) is 25.0. The minimum absolute atomic E-state index is 0.0291. The van der Waals surface area contributed by atoms with Gasteiger partial charge in [-0.05, 0) is 96.7 Å². The first-order valence-electron chi connectivity index (χ1n) is 23.5. The third kappa shape index (κ3) is 50.0. The van der Waals surface area contributed by atoms with Crippen molar-refractivity contribution in [1.29, 1.82) is 0 Å². The van der Waals surface area contributed by atoms with Crippen LogP contribution < -0.4 is 0 Å². The molecule has 0 radical (unpaired) electrons. The van der Waals surface area contributed by atoms with Crippen LogP contribution in [0.1, 0.15) is 253 Å². The standard InChI is InChI=1S/C19H34O4.C18H34O2.C16H30O2/c1-18(2,3)10-8-9-15(20)12-16(21)11-14(17(22)23-7)13-19(4,5)6;1-17(2,3)12-8-7-10-15(19)14-16(20)11-9-13-18(4,5)6;1-15(2,3)10-7-8-13(17)12-14(18)9-11-16(4,5)6/h14H,8-13H2,1-7H3;7-14H2,1-6H3;7-12H2,1-6H3. The van der Waals surface area contributed by atoms with Crippen molar-refractivity contribution in [3.63, 3.8) is 0 Å². The Balaban J connectivity index is -0.000000834. The summed E-state index contributed by atoms with van der Waals surface area (Å²) in [7, 11) is 1.33. The molecule has 61 heavy (non-hydrogen) atoms. The van der Waals surface area contributed by atoms with Gasteiger partial charge in [0, 0.05) is 38.5 Å². The van der Waals surface area contributed by atoms with Crippen molar-refractivity contribution >= 4 is 40.7 Å². The van der Waals surface area contributed by atoms with Crippen LogP contribution in [0.3, 0.4) is 0 Å². The van der Waals surface area contributed by atoms with Gasteiger partial charge in [0.25, 0.3) is 0 Å². The molecular weight excluding hydrogens is 765 g/mol. The van der Waals surface area contributed by atoms with Crippen LogP contribution in [0, 0.1) is 38.4 Å². The van der Waals surface area contributed by atoms with E-state index in [2.05, 4.69) is 104 Å². The number of unbranched alkanes of at least 4 members (excludes halogenated alkanes) is 1. The fraction of sp³-hybridized carbons (Fsp3) is 0.868. The fourth-order valence-electron chi connectivity index (χ4n) is 6.53. The molecule has 0 aliphatic rings. The number of rotatable bonds is 25. The lowest BCUT2D eigenvalue weighted by Gasteiger charge is -2.23. The van der Waals surface area contributed by atoms with Gasteiger partial charge in [0.15, 0.2) is 0 Å². The van der Waals surface area contributed by atoms with E-state index in [-0.39, 0.29) is 93.4 Å². The van der Waals surface area contributed by atoms with Crippen molar-refractivity contribution in [1.82, 2.24) is 0 Å². The molecule has 1 unspecified atom stereocenters. The maximum atomic E-state index is 12.1. The highest BCUT2D eigenvalue weighted by atomic mass is 16.5. The molecule has 0 aliphatic carbocycles.